The topological polar surface area (TPSA) is 60.0 Å². The van der Waals surface area contributed by atoms with Crippen molar-refractivity contribution in [1.82, 2.24) is 9.88 Å². The molecular formula is C15H25N3O. The molecule has 1 aromatic rings. The number of hydrogen-bond acceptors (Lipinski definition) is 2. The summed E-state index contributed by atoms with van der Waals surface area (Å²) in [5.74, 6) is 0.114. The van der Waals surface area contributed by atoms with Gasteiger partial charge in [0.25, 0.3) is 0 Å². The highest BCUT2D eigenvalue weighted by atomic mass is 16.1. The normalized spacial score (nSPS) is 19.1. The van der Waals surface area contributed by atoms with Gasteiger partial charge in [0.1, 0.15) is 0 Å². The van der Waals surface area contributed by atoms with E-state index < -0.39 is 0 Å². The van der Waals surface area contributed by atoms with Gasteiger partial charge in [-0.05, 0) is 44.2 Å². The lowest BCUT2D eigenvalue weighted by molar-refractivity contribution is -0.121. The Morgan fingerprint density at radius 2 is 2.26 bits per heavy atom. The highest BCUT2D eigenvalue weighted by Gasteiger charge is 2.17. The summed E-state index contributed by atoms with van der Waals surface area (Å²) in [5.41, 5.74) is 8.84. The van der Waals surface area contributed by atoms with Crippen molar-refractivity contribution >= 4 is 5.91 Å². The van der Waals surface area contributed by atoms with Gasteiger partial charge in [-0.3, -0.25) is 4.79 Å². The van der Waals surface area contributed by atoms with E-state index in [1.54, 1.807) is 0 Å². The van der Waals surface area contributed by atoms with Crippen LogP contribution in [0.5, 0.6) is 0 Å². The number of nitrogens with zero attached hydrogens (tertiary/aromatic N) is 1. The molecule has 2 rings (SSSR count). The number of nitrogens with two attached hydrogens (primary N) is 1. The molecular weight excluding hydrogens is 238 g/mol. The number of rotatable bonds is 4. The molecule has 1 amide bonds. The number of carbonyl (C=O) groups excluding carboxylic acids is 1. The summed E-state index contributed by atoms with van der Waals surface area (Å²) in [6.45, 7) is 4.70. The summed E-state index contributed by atoms with van der Waals surface area (Å²) < 4.78 is 2.12. The second-order valence-electron chi connectivity index (χ2n) is 5.80. The SMILES string of the molecule is CC(C)NC(=O)CCn1cc2c(c1)C(N)CCCC2. The van der Waals surface area contributed by atoms with E-state index in [1.165, 1.54) is 24.0 Å². The fraction of sp³-hybridized carbons (Fsp3) is 0.667. The molecule has 1 aliphatic rings. The van der Waals surface area contributed by atoms with Gasteiger partial charge in [-0.25, -0.2) is 0 Å². The average molecular weight is 263 g/mol. The Balaban J connectivity index is 1.95. The standard InChI is InChI=1S/C15H25N3O/c1-11(2)17-15(19)7-8-18-9-12-5-3-4-6-14(16)13(12)10-18/h9-11,14H,3-8,16H2,1-2H3,(H,17,19). The Morgan fingerprint density at radius 3 is 3.00 bits per heavy atom. The van der Waals surface area contributed by atoms with Crippen LogP contribution in [0.2, 0.25) is 0 Å². The Labute approximate surface area is 115 Å². The minimum Gasteiger partial charge on any atom is -0.354 e. The molecule has 0 saturated carbocycles. The number of amides is 1. The Bertz CT molecular complexity index is 437. The van der Waals surface area contributed by atoms with E-state index in [9.17, 15) is 4.79 Å². The molecule has 4 heteroatoms. The van der Waals surface area contributed by atoms with E-state index in [0.29, 0.717) is 6.42 Å². The van der Waals surface area contributed by atoms with Crippen LogP contribution in [0.15, 0.2) is 12.4 Å². The molecule has 1 aliphatic carbocycles. The third kappa shape index (κ3) is 3.83. The zero-order valence-corrected chi connectivity index (χ0v) is 12.0. The van der Waals surface area contributed by atoms with Gasteiger partial charge < -0.3 is 15.6 Å². The summed E-state index contributed by atoms with van der Waals surface area (Å²) >= 11 is 0. The summed E-state index contributed by atoms with van der Waals surface area (Å²) in [6, 6.07) is 0.380. The number of hydrogen-bond donors (Lipinski definition) is 2. The second-order valence-corrected chi connectivity index (χ2v) is 5.80. The molecule has 1 aromatic heterocycles. The molecule has 3 N–H and O–H groups in total. The Hall–Kier alpha value is -1.29. The van der Waals surface area contributed by atoms with Crippen molar-refractivity contribution in [2.75, 3.05) is 0 Å². The van der Waals surface area contributed by atoms with Crippen LogP contribution in [0.25, 0.3) is 0 Å². The lowest BCUT2D eigenvalue weighted by atomic mass is 10.1. The van der Waals surface area contributed by atoms with Crippen molar-refractivity contribution < 1.29 is 4.79 Å². The molecule has 1 heterocycles. The highest BCUT2D eigenvalue weighted by Crippen LogP contribution is 2.27. The van der Waals surface area contributed by atoms with Crippen LogP contribution in [-0.4, -0.2) is 16.5 Å². The van der Waals surface area contributed by atoms with E-state index in [0.717, 1.165) is 19.4 Å². The van der Waals surface area contributed by atoms with Crippen molar-refractivity contribution in [3.8, 4) is 0 Å². The lowest BCUT2D eigenvalue weighted by Gasteiger charge is -2.09. The number of aryl methyl sites for hydroxylation is 2. The number of carbonyl (C=O) groups is 1. The monoisotopic (exact) mass is 263 g/mol. The minimum atomic E-state index is 0.114. The maximum Gasteiger partial charge on any atom is 0.221 e. The molecule has 1 atom stereocenters. The molecule has 0 bridgehead atoms. The van der Waals surface area contributed by atoms with Crippen molar-refractivity contribution in [3.05, 3.63) is 23.5 Å². The van der Waals surface area contributed by atoms with Crippen molar-refractivity contribution in [3.63, 3.8) is 0 Å². The van der Waals surface area contributed by atoms with E-state index >= 15 is 0 Å². The third-order valence-corrected chi connectivity index (χ3v) is 3.65. The zero-order chi connectivity index (χ0) is 13.8. The fourth-order valence-corrected chi connectivity index (χ4v) is 2.71. The molecule has 0 spiro atoms. The van der Waals surface area contributed by atoms with Crippen LogP contribution in [0.4, 0.5) is 0 Å². The van der Waals surface area contributed by atoms with Crippen LogP contribution in [0.3, 0.4) is 0 Å². The average Bonchev–Trinajstić information content (AvgIpc) is 2.67. The first kappa shape index (κ1) is 14.1. The maximum absolute atomic E-state index is 11.6. The smallest absolute Gasteiger partial charge is 0.221 e. The molecule has 19 heavy (non-hydrogen) atoms. The number of nitrogens with one attached hydrogen (secondary N) is 1. The van der Waals surface area contributed by atoms with Gasteiger partial charge in [0.05, 0.1) is 0 Å². The molecule has 0 aliphatic heterocycles. The summed E-state index contributed by atoms with van der Waals surface area (Å²) in [4.78, 5) is 11.6. The molecule has 106 valence electrons. The van der Waals surface area contributed by atoms with Crippen LogP contribution in [0.1, 0.15) is 56.7 Å². The Morgan fingerprint density at radius 1 is 1.47 bits per heavy atom. The quantitative estimate of drug-likeness (QED) is 0.818. The molecule has 0 saturated heterocycles. The van der Waals surface area contributed by atoms with Crippen LogP contribution < -0.4 is 11.1 Å². The summed E-state index contributed by atoms with van der Waals surface area (Å²) in [5, 5.41) is 2.92. The largest absolute Gasteiger partial charge is 0.354 e. The van der Waals surface area contributed by atoms with E-state index in [4.69, 9.17) is 5.73 Å². The van der Waals surface area contributed by atoms with Gasteiger partial charge in [-0.1, -0.05) is 6.42 Å². The maximum atomic E-state index is 11.6. The second kappa shape index (κ2) is 6.24. The number of aromatic nitrogens is 1. The number of fused-ring (bicyclic) bond motifs is 1. The van der Waals surface area contributed by atoms with E-state index in [-0.39, 0.29) is 18.0 Å². The van der Waals surface area contributed by atoms with Gasteiger partial charge >= 0.3 is 0 Å². The van der Waals surface area contributed by atoms with Gasteiger partial charge in [0.2, 0.25) is 5.91 Å². The zero-order valence-electron chi connectivity index (χ0n) is 12.0. The van der Waals surface area contributed by atoms with Crippen LogP contribution in [-0.2, 0) is 17.8 Å². The van der Waals surface area contributed by atoms with Crippen molar-refractivity contribution in [1.29, 1.82) is 0 Å². The third-order valence-electron chi connectivity index (χ3n) is 3.65. The lowest BCUT2D eigenvalue weighted by Crippen LogP contribution is -2.30. The van der Waals surface area contributed by atoms with Crippen LogP contribution >= 0.6 is 0 Å². The first-order chi connectivity index (χ1) is 9.06. The van der Waals surface area contributed by atoms with Gasteiger partial charge in [0.15, 0.2) is 0 Å². The molecule has 4 nitrogen and oxygen atoms in total. The first-order valence-electron chi connectivity index (χ1n) is 7.29. The predicted molar refractivity (Wildman–Crippen MR) is 76.8 cm³/mol. The van der Waals surface area contributed by atoms with Crippen molar-refractivity contribution in [2.45, 2.75) is 64.6 Å². The van der Waals surface area contributed by atoms with Gasteiger partial charge in [0, 0.05) is 37.4 Å². The van der Waals surface area contributed by atoms with E-state index in [1.807, 2.05) is 13.8 Å². The van der Waals surface area contributed by atoms with Gasteiger partial charge in [-0.2, -0.15) is 0 Å². The van der Waals surface area contributed by atoms with E-state index in [2.05, 4.69) is 22.3 Å². The Kier molecular flexibility index (Phi) is 4.64. The molecule has 0 radical (unpaired) electrons. The molecule has 0 fully saturated rings. The van der Waals surface area contributed by atoms with Crippen molar-refractivity contribution in [2.24, 2.45) is 5.73 Å². The fourth-order valence-electron chi connectivity index (χ4n) is 2.71. The highest BCUT2D eigenvalue weighted by molar-refractivity contribution is 5.76. The summed E-state index contributed by atoms with van der Waals surface area (Å²) in [7, 11) is 0. The van der Waals surface area contributed by atoms with Crippen LogP contribution in [0, 0.1) is 0 Å². The minimum absolute atomic E-state index is 0.114. The molecule has 1 unspecified atom stereocenters. The molecule has 0 aromatic carbocycles. The first-order valence-corrected chi connectivity index (χ1v) is 7.29. The predicted octanol–water partition coefficient (Wildman–Crippen LogP) is 2.13. The summed E-state index contributed by atoms with van der Waals surface area (Å²) in [6.07, 6.45) is 9.46. The van der Waals surface area contributed by atoms with Gasteiger partial charge in [-0.15, -0.1) is 0 Å².